The van der Waals surface area contributed by atoms with E-state index in [1.54, 1.807) is 6.08 Å². The predicted octanol–water partition coefficient (Wildman–Crippen LogP) is 4.41. The molecule has 0 saturated heterocycles. The monoisotopic (exact) mass is 328 g/mol. The Hall–Kier alpha value is -2.88. The van der Waals surface area contributed by atoms with Crippen LogP contribution < -0.4 is 0 Å². The average Bonchev–Trinajstić information content (AvgIpc) is 2.62. The van der Waals surface area contributed by atoms with Gasteiger partial charge in [0.05, 0.1) is 7.11 Å². The SMILES string of the molecule is C=CC1=CCCC=C1.COC(C)=O.O=C(O)/C=C/c1ccccc1. The van der Waals surface area contributed by atoms with Crippen LogP contribution in [0.25, 0.3) is 6.08 Å². The second-order valence-corrected chi connectivity index (χ2v) is 4.67. The Morgan fingerprint density at radius 1 is 1.21 bits per heavy atom. The molecule has 0 spiro atoms. The summed E-state index contributed by atoms with van der Waals surface area (Å²) in [5.41, 5.74) is 2.16. The highest BCUT2D eigenvalue weighted by molar-refractivity contribution is 5.85. The molecule has 4 nitrogen and oxygen atoms in total. The van der Waals surface area contributed by atoms with Crippen molar-refractivity contribution >= 4 is 18.0 Å². The van der Waals surface area contributed by atoms with E-state index in [0.29, 0.717) is 0 Å². The molecule has 2 rings (SSSR count). The van der Waals surface area contributed by atoms with Crippen LogP contribution in [0.5, 0.6) is 0 Å². The topological polar surface area (TPSA) is 63.6 Å². The minimum Gasteiger partial charge on any atom is -0.478 e. The standard InChI is InChI=1S/C9H8O2.C8H10.C3H6O2/c10-9(11)7-6-8-4-2-1-3-5-8;1-2-8-6-4-3-5-7-8;1-3(4)5-2/h1-7H,(H,10,11);2,4,6-7H,1,3,5H2;1-2H3/b7-6+;;. The first-order valence-corrected chi connectivity index (χ1v) is 7.49. The Labute approximate surface area is 143 Å². The van der Waals surface area contributed by atoms with Gasteiger partial charge in [0.15, 0.2) is 0 Å². The molecule has 0 bridgehead atoms. The fourth-order valence-corrected chi connectivity index (χ4v) is 1.52. The summed E-state index contributed by atoms with van der Waals surface area (Å²) in [4.78, 5) is 19.7. The molecule has 0 heterocycles. The van der Waals surface area contributed by atoms with Crippen LogP contribution in [-0.4, -0.2) is 24.2 Å². The van der Waals surface area contributed by atoms with Crippen LogP contribution in [0.3, 0.4) is 0 Å². The van der Waals surface area contributed by atoms with E-state index in [2.05, 4.69) is 29.5 Å². The lowest BCUT2D eigenvalue weighted by Gasteiger charge is -1.98. The van der Waals surface area contributed by atoms with Gasteiger partial charge in [-0.15, -0.1) is 0 Å². The number of hydrogen-bond acceptors (Lipinski definition) is 3. The van der Waals surface area contributed by atoms with E-state index in [4.69, 9.17) is 5.11 Å². The number of carbonyl (C=O) groups excluding carboxylic acids is 1. The second kappa shape index (κ2) is 13.8. The Bertz CT molecular complexity index is 595. The Balaban J connectivity index is 0.000000358. The summed E-state index contributed by atoms with van der Waals surface area (Å²) in [5.74, 6) is -1.17. The average molecular weight is 328 g/mol. The Morgan fingerprint density at radius 3 is 2.21 bits per heavy atom. The van der Waals surface area contributed by atoms with Crippen molar-refractivity contribution in [1.29, 1.82) is 0 Å². The lowest BCUT2D eigenvalue weighted by Crippen LogP contribution is -1.88. The summed E-state index contributed by atoms with van der Waals surface area (Å²) >= 11 is 0. The van der Waals surface area contributed by atoms with Crippen molar-refractivity contribution in [2.45, 2.75) is 19.8 Å². The Kier molecular flexibility index (Phi) is 12.1. The van der Waals surface area contributed by atoms with E-state index in [1.807, 2.05) is 36.4 Å². The predicted molar refractivity (Wildman–Crippen MR) is 97.5 cm³/mol. The molecule has 1 aliphatic carbocycles. The molecule has 1 aromatic rings. The summed E-state index contributed by atoms with van der Waals surface area (Å²) < 4.78 is 4.11. The third-order valence-corrected chi connectivity index (χ3v) is 2.76. The van der Waals surface area contributed by atoms with Crippen LogP contribution in [0.4, 0.5) is 0 Å². The zero-order valence-electron chi connectivity index (χ0n) is 14.1. The summed E-state index contributed by atoms with van der Waals surface area (Å²) in [6.07, 6.45) is 13.4. The minimum atomic E-state index is -0.922. The molecule has 1 aliphatic rings. The summed E-state index contributed by atoms with van der Waals surface area (Å²) in [7, 11) is 1.35. The molecule has 0 unspecified atom stereocenters. The lowest BCUT2D eigenvalue weighted by atomic mass is 10.1. The zero-order valence-corrected chi connectivity index (χ0v) is 14.1. The fourth-order valence-electron chi connectivity index (χ4n) is 1.52. The first-order valence-electron chi connectivity index (χ1n) is 7.49. The third kappa shape index (κ3) is 12.8. The number of ether oxygens (including phenoxy) is 1. The van der Waals surface area contributed by atoms with Gasteiger partial charge in [-0.3, -0.25) is 4.79 Å². The van der Waals surface area contributed by atoms with Gasteiger partial charge in [0.2, 0.25) is 0 Å². The van der Waals surface area contributed by atoms with Crippen LogP contribution in [-0.2, 0) is 14.3 Å². The van der Waals surface area contributed by atoms with Crippen molar-refractivity contribution in [3.63, 3.8) is 0 Å². The minimum absolute atomic E-state index is 0.245. The molecule has 0 amide bonds. The van der Waals surface area contributed by atoms with Gasteiger partial charge in [-0.1, -0.05) is 61.2 Å². The fraction of sp³-hybridized carbons (Fsp3) is 0.200. The van der Waals surface area contributed by atoms with E-state index in [9.17, 15) is 9.59 Å². The molecule has 0 aliphatic heterocycles. The highest BCUT2D eigenvalue weighted by atomic mass is 16.5. The van der Waals surface area contributed by atoms with Crippen LogP contribution >= 0.6 is 0 Å². The summed E-state index contributed by atoms with van der Waals surface area (Å²) in [6, 6.07) is 9.31. The lowest BCUT2D eigenvalue weighted by molar-refractivity contribution is -0.138. The number of benzene rings is 1. The molecule has 128 valence electrons. The summed E-state index contributed by atoms with van der Waals surface area (Å²) in [6.45, 7) is 5.03. The number of aliphatic carboxylic acids is 1. The number of esters is 1. The number of rotatable bonds is 3. The van der Waals surface area contributed by atoms with Crippen molar-refractivity contribution in [3.8, 4) is 0 Å². The first kappa shape index (κ1) is 21.1. The van der Waals surface area contributed by atoms with Gasteiger partial charge in [-0.25, -0.2) is 4.79 Å². The van der Waals surface area contributed by atoms with Crippen molar-refractivity contribution < 1.29 is 19.4 Å². The van der Waals surface area contributed by atoms with Gasteiger partial charge in [-0.05, 0) is 30.1 Å². The van der Waals surface area contributed by atoms with E-state index >= 15 is 0 Å². The van der Waals surface area contributed by atoms with Crippen molar-refractivity contribution in [2.24, 2.45) is 0 Å². The van der Waals surface area contributed by atoms with Crippen LogP contribution in [0.2, 0.25) is 0 Å². The van der Waals surface area contributed by atoms with Crippen molar-refractivity contribution in [1.82, 2.24) is 0 Å². The highest BCUT2D eigenvalue weighted by Crippen LogP contribution is 2.08. The number of carbonyl (C=O) groups is 2. The molecule has 0 aromatic heterocycles. The van der Waals surface area contributed by atoms with Gasteiger partial charge in [0.25, 0.3) is 0 Å². The smallest absolute Gasteiger partial charge is 0.328 e. The molecule has 1 aromatic carbocycles. The maximum Gasteiger partial charge on any atom is 0.328 e. The van der Waals surface area contributed by atoms with Crippen LogP contribution in [0.1, 0.15) is 25.3 Å². The van der Waals surface area contributed by atoms with E-state index in [-0.39, 0.29) is 5.97 Å². The molecule has 0 fully saturated rings. The van der Waals surface area contributed by atoms with E-state index in [1.165, 1.54) is 32.4 Å². The van der Waals surface area contributed by atoms with Crippen molar-refractivity contribution in [2.75, 3.05) is 7.11 Å². The maximum absolute atomic E-state index is 10.1. The molecule has 0 radical (unpaired) electrons. The molecule has 0 saturated carbocycles. The van der Waals surface area contributed by atoms with E-state index < -0.39 is 5.97 Å². The third-order valence-electron chi connectivity index (χ3n) is 2.76. The molecular weight excluding hydrogens is 304 g/mol. The number of carboxylic acid groups (broad SMARTS) is 1. The van der Waals surface area contributed by atoms with Gasteiger partial charge < -0.3 is 9.84 Å². The van der Waals surface area contributed by atoms with Crippen LogP contribution in [0.15, 0.2) is 72.9 Å². The quantitative estimate of drug-likeness (QED) is 0.659. The van der Waals surface area contributed by atoms with Gasteiger partial charge in [-0.2, -0.15) is 0 Å². The number of allylic oxidation sites excluding steroid dienone is 5. The molecule has 24 heavy (non-hydrogen) atoms. The highest BCUT2D eigenvalue weighted by Gasteiger charge is 1.88. The Morgan fingerprint density at radius 2 is 1.83 bits per heavy atom. The van der Waals surface area contributed by atoms with Gasteiger partial charge >= 0.3 is 11.9 Å². The zero-order chi connectivity index (χ0) is 18.2. The van der Waals surface area contributed by atoms with Gasteiger partial charge in [0, 0.05) is 13.0 Å². The number of carboxylic acids is 1. The molecule has 1 N–H and O–H groups in total. The normalized spacial score (nSPS) is 12.0. The number of hydrogen-bond donors (Lipinski definition) is 1. The first-order chi connectivity index (χ1) is 11.5. The molecular formula is C20H24O4. The molecule has 0 atom stereocenters. The number of methoxy groups -OCH3 is 1. The second-order valence-electron chi connectivity index (χ2n) is 4.67. The maximum atomic E-state index is 10.1. The van der Waals surface area contributed by atoms with E-state index in [0.717, 1.165) is 11.6 Å². The largest absolute Gasteiger partial charge is 0.478 e. The van der Waals surface area contributed by atoms with Gasteiger partial charge in [0.1, 0.15) is 0 Å². The van der Waals surface area contributed by atoms with Crippen molar-refractivity contribution in [3.05, 3.63) is 78.4 Å². The summed E-state index contributed by atoms with van der Waals surface area (Å²) in [5, 5.41) is 8.29. The van der Waals surface area contributed by atoms with Crippen LogP contribution in [0, 0.1) is 0 Å². The molecule has 4 heteroatoms.